The molecule has 6 heteroatoms. The molecule has 0 aliphatic carbocycles. The number of aliphatic hydroxyl groups is 2. The minimum absolute atomic E-state index is 0.413. The summed E-state index contributed by atoms with van der Waals surface area (Å²) in [5, 5.41) is 26.8. The lowest BCUT2D eigenvalue weighted by Gasteiger charge is -2.12. The maximum atomic E-state index is 10.1. The number of benzene rings is 4. The summed E-state index contributed by atoms with van der Waals surface area (Å²) in [6, 6.07) is 40.7. The van der Waals surface area contributed by atoms with Crippen LogP contribution in [0.4, 0.5) is 0 Å². The number of hydrogen-bond donors (Lipinski definition) is 4. The van der Waals surface area contributed by atoms with Crippen LogP contribution in [0.2, 0.25) is 0 Å². The van der Waals surface area contributed by atoms with Crippen molar-refractivity contribution in [3.63, 3.8) is 0 Å². The van der Waals surface area contributed by atoms with Gasteiger partial charge in [-0.3, -0.25) is 0 Å². The summed E-state index contributed by atoms with van der Waals surface area (Å²) in [6.07, 6.45) is 11.8. The van der Waals surface area contributed by atoms with Crippen molar-refractivity contribution in [3.05, 3.63) is 144 Å². The molecule has 0 saturated carbocycles. The fourth-order valence-corrected chi connectivity index (χ4v) is 5.74. The minimum atomic E-state index is -0.422. The zero-order valence-corrected chi connectivity index (χ0v) is 30.8. The van der Waals surface area contributed by atoms with E-state index in [1.165, 1.54) is 30.4 Å². The van der Waals surface area contributed by atoms with Gasteiger partial charge in [-0.25, -0.2) is 0 Å². The first-order valence-electron chi connectivity index (χ1n) is 19.3. The summed E-state index contributed by atoms with van der Waals surface area (Å²) in [7, 11) is 0. The van der Waals surface area contributed by atoms with Crippen LogP contribution in [0.1, 0.15) is 92.2 Å². The molecule has 0 amide bonds. The Bertz CT molecular complexity index is 1310. The van der Waals surface area contributed by atoms with E-state index in [2.05, 4.69) is 65.2 Å². The third-order valence-electron chi connectivity index (χ3n) is 8.80. The summed E-state index contributed by atoms with van der Waals surface area (Å²) >= 11 is 0. The maximum Gasteiger partial charge on any atom is 0.0914 e. The van der Waals surface area contributed by atoms with E-state index in [9.17, 15) is 10.2 Å². The van der Waals surface area contributed by atoms with Crippen LogP contribution in [0.25, 0.3) is 0 Å². The van der Waals surface area contributed by atoms with E-state index < -0.39 is 12.2 Å². The van der Waals surface area contributed by atoms with Gasteiger partial charge in [-0.2, -0.15) is 0 Å². The lowest BCUT2D eigenvalue weighted by molar-refractivity contribution is 0.127. The van der Waals surface area contributed by atoms with Gasteiger partial charge in [0.15, 0.2) is 0 Å². The maximum absolute atomic E-state index is 10.1. The molecule has 0 aliphatic rings. The van der Waals surface area contributed by atoms with Crippen LogP contribution < -0.4 is 10.6 Å². The molecule has 0 fully saturated rings. The van der Waals surface area contributed by atoms with Gasteiger partial charge in [0, 0.05) is 32.9 Å². The Labute approximate surface area is 308 Å². The van der Waals surface area contributed by atoms with Crippen LogP contribution in [-0.2, 0) is 22.3 Å². The minimum Gasteiger partial charge on any atom is -0.387 e. The molecule has 278 valence electrons. The molecule has 4 aromatic carbocycles. The van der Waals surface area contributed by atoms with E-state index in [0.29, 0.717) is 13.1 Å². The molecule has 0 radical (unpaired) electrons. The van der Waals surface area contributed by atoms with E-state index in [1.807, 2.05) is 66.7 Å². The predicted molar refractivity (Wildman–Crippen MR) is 212 cm³/mol. The molecule has 0 bridgehead atoms. The van der Waals surface area contributed by atoms with Gasteiger partial charge >= 0.3 is 0 Å². The van der Waals surface area contributed by atoms with Crippen molar-refractivity contribution in [1.82, 2.24) is 10.6 Å². The predicted octanol–water partition coefficient (Wildman–Crippen LogP) is 8.65. The Kier molecular flexibility index (Phi) is 24.1. The first-order chi connectivity index (χ1) is 25.2. The number of hydrogen-bond acceptors (Lipinski definition) is 6. The molecule has 0 saturated heterocycles. The lowest BCUT2D eigenvalue weighted by Crippen LogP contribution is -2.22. The van der Waals surface area contributed by atoms with Crippen molar-refractivity contribution < 1.29 is 19.7 Å². The fraction of sp³-hybridized carbons (Fsp3) is 0.467. The summed E-state index contributed by atoms with van der Waals surface area (Å²) < 4.78 is 11.4. The average molecular weight is 697 g/mol. The number of rotatable bonds is 27. The molecule has 51 heavy (non-hydrogen) atoms. The summed E-state index contributed by atoms with van der Waals surface area (Å²) in [6.45, 7) is 6.53. The lowest BCUT2D eigenvalue weighted by atomic mass is 10.1. The Hall–Kier alpha value is -3.36. The fourth-order valence-electron chi connectivity index (χ4n) is 5.74. The second-order valence-corrected chi connectivity index (χ2v) is 13.1. The molecule has 0 aliphatic heterocycles. The van der Waals surface area contributed by atoms with Gasteiger partial charge in [-0.15, -0.1) is 0 Å². The van der Waals surface area contributed by atoms with Gasteiger partial charge in [0.25, 0.3) is 0 Å². The first-order valence-corrected chi connectivity index (χ1v) is 19.3. The molecule has 4 N–H and O–H groups in total. The molecule has 4 aromatic rings. The highest BCUT2D eigenvalue weighted by atomic mass is 16.5. The third kappa shape index (κ3) is 21.6. The summed E-state index contributed by atoms with van der Waals surface area (Å²) in [5.74, 6) is 0. The smallest absolute Gasteiger partial charge is 0.0914 e. The van der Waals surface area contributed by atoms with Crippen molar-refractivity contribution >= 4 is 0 Å². The quantitative estimate of drug-likeness (QED) is 0.0468. The number of ether oxygens (including phenoxy) is 2. The molecular weight excluding hydrogens is 633 g/mol. The van der Waals surface area contributed by atoms with Crippen molar-refractivity contribution in [2.24, 2.45) is 0 Å². The van der Waals surface area contributed by atoms with Crippen molar-refractivity contribution in [1.29, 1.82) is 0 Å². The van der Waals surface area contributed by atoms with Crippen molar-refractivity contribution in [3.8, 4) is 0 Å². The van der Waals surface area contributed by atoms with Gasteiger partial charge in [0.1, 0.15) is 0 Å². The monoisotopic (exact) mass is 696 g/mol. The highest BCUT2D eigenvalue weighted by Gasteiger charge is 2.06. The van der Waals surface area contributed by atoms with Crippen LogP contribution in [0.5, 0.6) is 0 Å². The van der Waals surface area contributed by atoms with E-state index in [0.717, 1.165) is 102 Å². The average Bonchev–Trinajstić information content (AvgIpc) is 3.19. The molecule has 6 nitrogen and oxygen atoms in total. The highest BCUT2D eigenvalue weighted by molar-refractivity contribution is 5.18. The third-order valence-corrected chi connectivity index (χ3v) is 8.80. The molecule has 2 unspecified atom stereocenters. The summed E-state index contributed by atoms with van der Waals surface area (Å²) in [4.78, 5) is 0. The first kappa shape index (κ1) is 42.1. The van der Waals surface area contributed by atoms with Gasteiger partial charge in [0.05, 0.1) is 18.8 Å². The Morgan fingerprint density at radius 1 is 0.392 bits per heavy atom. The van der Waals surface area contributed by atoms with E-state index in [-0.39, 0.29) is 0 Å². The second-order valence-electron chi connectivity index (χ2n) is 13.1. The summed E-state index contributed by atoms with van der Waals surface area (Å²) in [5.41, 5.74) is 4.68. The van der Waals surface area contributed by atoms with E-state index in [1.54, 1.807) is 0 Å². The van der Waals surface area contributed by atoms with Gasteiger partial charge in [0.2, 0.25) is 0 Å². The Morgan fingerprint density at radius 3 is 1.27 bits per heavy atom. The van der Waals surface area contributed by atoms with Crippen LogP contribution in [0.3, 0.4) is 0 Å². The zero-order valence-electron chi connectivity index (χ0n) is 30.8. The largest absolute Gasteiger partial charge is 0.387 e. The second kappa shape index (κ2) is 29.2. The van der Waals surface area contributed by atoms with Gasteiger partial charge in [-0.05, 0) is 86.7 Å². The molecule has 4 rings (SSSR count). The highest BCUT2D eigenvalue weighted by Crippen LogP contribution is 2.12. The number of nitrogens with one attached hydrogen (secondary N) is 2. The molecule has 0 heterocycles. The number of unbranched alkanes of at least 4 members (excludes halogenated alkanes) is 6. The molecule has 2 atom stereocenters. The van der Waals surface area contributed by atoms with E-state index >= 15 is 0 Å². The van der Waals surface area contributed by atoms with Gasteiger partial charge in [-0.1, -0.05) is 141 Å². The van der Waals surface area contributed by atoms with Crippen LogP contribution in [0.15, 0.2) is 121 Å². The van der Waals surface area contributed by atoms with Crippen LogP contribution >= 0.6 is 0 Å². The standard InChI is InChI=1S/C23H33NO2.C22H31NO2/c25-23(22-14-8-5-9-15-22)20-24-17-10-2-1-3-11-18-26-19-16-21-12-6-4-7-13-21;24-22(21-14-6-2-7-15-21)19-23-16-8-3-9-17-25-18-10-13-20-11-4-1-5-12-20/h4-9,12-15,23-25H,1-3,10-11,16-20H2;1-2,4-7,11-12,14-15,22-24H,3,8-10,13,16-19H2. The number of aliphatic hydroxyl groups excluding tert-OH is 2. The van der Waals surface area contributed by atoms with Crippen molar-refractivity contribution in [2.45, 2.75) is 82.8 Å². The Morgan fingerprint density at radius 2 is 0.765 bits per heavy atom. The van der Waals surface area contributed by atoms with Gasteiger partial charge < -0.3 is 30.3 Å². The van der Waals surface area contributed by atoms with Crippen LogP contribution in [0, 0.1) is 0 Å². The van der Waals surface area contributed by atoms with Crippen LogP contribution in [-0.4, -0.2) is 62.8 Å². The molecular formula is C45H64N2O4. The SMILES string of the molecule is OC(CNCCCCCCCOCCc1ccccc1)c1ccccc1.OC(CNCCCCCOCCCc1ccccc1)c1ccccc1. The molecule has 0 spiro atoms. The normalized spacial score (nSPS) is 12.2. The topological polar surface area (TPSA) is 83.0 Å². The number of aryl methyl sites for hydroxylation is 1. The Balaban J connectivity index is 0.000000276. The zero-order chi connectivity index (χ0) is 35.9. The molecule has 0 aromatic heterocycles. The van der Waals surface area contributed by atoms with E-state index in [4.69, 9.17) is 9.47 Å². The van der Waals surface area contributed by atoms with Crippen molar-refractivity contribution in [2.75, 3.05) is 52.6 Å².